The zero-order valence-electron chi connectivity index (χ0n) is 11.6. The standard InChI is InChI=1S/C12H18N2O5S/c1-17-6-4-5-14-10-7(11(15)18-2)8(13)9(20-10)12(16)19-3/h14H,4-6,13H2,1-3H3. The maximum absolute atomic E-state index is 11.8. The summed E-state index contributed by atoms with van der Waals surface area (Å²) in [5.41, 5.74) is 6.07. The van der Waals surface area contributed by atoms with Gasteiger partial charge in [-0.3, -0.25) is 0 Å². The number of thiophene rings is 1. The van der Waals surface area contributed by atoms with E-state index >= 15 is 0 Å². The number of nitrogen functional groups attached to an aromatic ring is 1. The molecule has 0 unspecified atom stereocenters. The largest absolute Gasteiger partial charge is 0.465 e. The molecule has 0 atom stereocenters. The number of hydrogen-bond acceptors (Lipinski definition) is 8. The minimum atomic E-state index is -0.594. The van der Waals surface area contributed by atoms with Crippen molar-refractivity contribution < 1.29 is 23.8 Å². The second-order valence-corrected chi connectivity index (χ2v) is 4.83. The van der Waals surface area contributed by atoms with Gasteiger partial charge in [-0.2, -0.15) is 0 Å². The Bertz CT molecular complexity index is 486. The molecule has 0 aliphatic carbocycles. The summed E-state index contributed by atoms with van der Waals surface area (Å²) in [6.45, 7) is 1.17. The van der Waals surface area contributed by atoms with Crippen LogP contribution in [0.4, 0.5) is 10.7 Å². The Hall–Kier alpha value is -1.80. The first kappa shape index (κ1) is 16.3. The van der Waals surface area contributed by atoms with Crippen molar-refractivity contribution in [1.82, 2.24) is 0 Å². The van der Waals surface area contributed by atoms with E-state index in [1.807, 2.05) is 0 Å². The zero-order valence-corrected chi connectivity index (χ0v) is 12.5. The van der Waals surface area contributed by atoms with E-state index in [0.717, 1.165) is 17.8 Å². The van der Waals surface area contributed by atoms with Crippen molar-refractivity contribution in [3.8, 4) is 0 Å². The molecule has 1 heterocycles. The van der Waals surface area contributed by atoms with Crippen LogP contribution in [-0.4, -0.2) is 46.4 Å². The number of nitrogens with one attached hydrogen (secondary N) is 1. The molecule has 0 aliphatic rings. The van der Waals surface area contributed by atoms with Crippen LogP contribution in [0.15, 0.2) is 0 Å². The molecule has 7 nitrogen and oxygen atoms in total. The zero-order chi connectivity index (χ0) is 15.1. The molecule has 0 fully saturated rings. The Labute approximate surface area is 121 Å². The van der Waals surface area contributed by atoms with Crippen molar-refractivity contribution in [2.45, 2.75) is 6.42 Å². The maximum atomic E-state index is 11.8. The topological polar surface area (TPSA) is 99.9 Å². The molecule has 0 radical (unpaired) electrons. The normalized spacial score (nSPS) is 10.2. The smallest absolute Gasteiger partial charge is 0.350 e. The van der Waals surface area contributed by atoms with Gasteiger partial charge in [-0.05, 0) is 6.42 Å². The number of esters is 2. The van der Waals surface area contributed by atoms with Crippen LogP contribution in [-0.2, 0) is 14.2 Å². The van der Waals surface area contributed by atoms with Crippen molar-refractivity contribution in [2.24, 2.45) is 0 Å². The molecule has 20 heavy (non-hydrogen) atoms. The van der Waals surface area contributed by atoms with Crippen molar-refractivity contribution in [3.63, 3.8) is 0 Å². The van der Waals surface area contributed by atoms with Crippen LogP contribution in [0.3, 0.4) is 0 Å². The van der Waals surface area contributed by atoms with E-state index in [0.29, 0.717) is 18.2 Å². The third kappa shape index (κ3) is 3.61. The Morgan fingerprint density at radius 1 is 1.20 bits per heavy atom. The van der Waals surface area contributed by atoms with Crippen LogP contribution in [0.2, 0.25) is 0 Å². The molecule has 0 bridgehead atoms. The third-order valence-electron chi connectivity index (χ3n) is 2.52. The number of ether oxygens (including phenoxy) is 3. The van der Waals surface area contributed by atoms with Crippen molar-refractivity contribution in [2.75, 3.05) is 45.5 Å². The first-order chi connectivity index (χ1) is 9.56. The number of carbonyl (C=O) groups excluding carboxylic acids is 2. The number of rotatable bonds is 7. The quantitative estimate of drug-likeness (QED) is 0.579. The molecule has 0 saturated heterocycles. The maximum Gasteiger partial charge on any atom is 0.350 e. The minimum absolute atomic E-state index is 0.0722. The second kappa shape index (κ2) is 7.71. The number of carbonyl (C=O) groups is 2. The SMILES string of the molecule is COCCCNc1sc(C(=O)OC)c(N)c1C(=O)OC. The van der Waals surface area contributed by atoms with Crippen molar-refractivity contribution in [3.05, 3.63) is 10.4 Å². The average Bonchev–Trinajstić information content (AvgIpc) is 2.79. The highest BCUT2D eigenvalue weighted by atomic mass is 32.1. The summed E-state index contributed by atoms with van der Waals surface area (Å²) in [6, 6.07) is 0. The van der Waals surface area contributed by atoms with Crippen LogP contribution < -0.4 is 11.1 Å². The Morgan fingerprint density at radius 2 is 1.85 bits per heavy atom. The monoisotopic (exact) mass is 302 g/mol. The van der Waals surface area contributed by atoms with Gasteiger partial charge in [0.25, 0.3) is 0 Å². The van der Waals surface area contributed by atoms with E-state index in [1.165, 1.54) is 14.2 Å². The fourth-order valence-corrected chi connectivity index (χ4v) is 2.59. The number of methoxy groups -OCH3 is 3. The molecule has 1 aromatic heterocycles. The highest BCUT2D eigenvalue weighted by Crippen LogP contribution is 2.36. The summed E-state index contributed by atoms with van der Waals surface area (Å²) in [5, 5.41) is 3.54. The van der Waals surface area contributed by atoms with E-state index in [4.69, 9.17) is 10.5 Å². The van der Waals surface area contributed by atoms with Crippen LogP contribution in [0.5, 0.6) is 0 Å². The Morgan fingerprint density at radius 3 is 2.40 bits per heavy atom. The molecule has 1 aromatic rings. The molecule has 0 aliphatic heterocycles. The average molecular weight is 302 g/mol. The first-order valence-electron chi connectivity index (χ1n) is 5.88. The van der Waals surface area contributed by atoms with E-state index in [1.54, 1.807) is 7.11 Å². The number of nitrogens with two attached hydrogens (primary N) is 1. The fourth-order valence-electron chi connectivity index (χ4n) is 1.54. The Kier molecular flexibility index (Phi) is 6.26. The molecular weight excluding hydrogens is 284 g/mol. The predicted molar refractivity (Wildman–Crippen MR) is 76.4 cm³/mol. The van der Waals surface area contributed by atoms with E-state index in [9.17, 15) is 9.59 Å². The summed E-state index contributed by atoms with van der Waals surface area (Å²) in [4.78, 5) is 23.5. The second-order valence-electron chi connectivity index (χ2n) is 3.81. The summed E-state index contributed by atoms with van der Waals surface area (Å²) in [5.74, 6) is -1.18. The first-order valence-corrected chi connectivity index (χ1v) is 6.70. The van der Waals surface area contributed by atoms with E-state index in [-0.39, 0.29) is 16.1 Å². The Balaban J connectivity index is 3.01. The van der Waals surface area contributed by atoms with Gasteiger partial charge in [0.1, 0.15) is 15.4 Å². The van der Waals surface area contributed by atoms with Crippen LogP contribution >= 0.6 is 11.3 Å². The molecule has 0 aromatic carbocycles. The van der Waals surface area contributed by atoms with Gasteiger partial charge in [-0.15, -0.1) is 11.3 Å². The van der Waals surface area contributed by atoms with Crippen molar-refractivity contribution in [1.29, 1.82) is 0 Å². The minimum Gasteiger partial charge on any atom is -0.465 e. The lowest BCUT2D eigenvalue weighted by Crippen LogP contribution is -2.10. The van der Waals surface area contributed by atoms with Gasteiger partial charge in [-0.25, -0.2) is 9.59 Å². The molecular formula is C12H18N2O5S. The van der Waals surface area contributed by atoms with Crippen LogP contribution in [0, 0.1) is 0 Å². The van der Waals surface area contributed by atoms with Gasteiger partial charge in [0.15, 0.2) is 0 Å². The number of hydrogen-bond donors (Lipinski definition) is 2. The highest BCUT2D eigenvalue weighted by molar-refractivity contribution is 7.19. The van der Waals surface area contributed by atoms with Gasteiger partial charge in [0.05, 0.1) is 19.9 Å². The summed E-state index contributed by atoms with van der Waals surface area (Å²) in [7, 11) is 4.12. The number of anilines is 2. The van der Waals surface area contributed by atoms with Crippen LogP contribution in [0.1, 0.15) is 26.5 Å². The fraction of sp³-hybridized carbons (Fsp3) is 0.500. The van der Waals surface area contributed by atoms with Gasteiger partial charge in [-0.1, -0.05) is 0 Å². The van der Waals surface area contributed by atoms with Crippen LogP contribution in [0.25, 0.3) is 0 Å². The third-order valence-corrected chi connectivity index (χ3v) is 3.66. The summed E-state index contributed by atoms with van der Waals surface area (Å²) < 4.78 is 14.3. The van der Waals surface area contributed by atoms with Crippen molar-refractivity contribution >= 4 is 34.0 Å². The lowest BCUT2D eigenvalue weighted by molar-refractivity contribution is 0.0602. The molecule has 0 saturated carbocycles. The molecule has 3 N–H and O–H groups in total. The van der Waals surface area contributed by atoms with Gasteiger partial charge in [0.2, 0.25) is 0 Å². The molecule has 0 amide bonds. The lowest BCUT2D eigenvalue weighted by Gasteiger charge is -2.06. The predicted octanol–water partition coefficient (Wildman–Crippen LogP) is 1.35. The molecule has 1 rings (SSSR count). The van der Waals surface area contributed by atoms with Gasteiger partial charge in [0, 0.05) is 20.3 Å². The summed E-state index contributed by atoms with van der Waals surface area (Å²) in [6.07, 6.45) is 0.752. The molecule has 112 valence electrons. The summed E-state index contributed by atoms with van der Waals surface area (Å²) >= 11 is 1.07. The van der Waals surface area contributed by atoms with Gasteiger partial charge >= 0.3 is 11.9 Å². The highest BCUT2D eigenvalue weighted by Gasteiger charge is 2.26. The lowest BCUT2D eigenvalue weighted by atomic mass is 10.2. The van der Waals surface area contributed by atoms with E-state index in [2.05, 4.69) is 14.8 Å². The molecule has 8 heteroatoms. The van der Waals surface area contributed by atoms with E-state index < -0.39 is 11.9 Å². The van der Waals surface area contributed by atoms with Gasteiger partial charge < -0.3 is 25.3 Å². The molecule has 0 spiro atoms.